The standard InChI is InChI=1S/C25H18ClN3O4S/c1-16-6-5-7-22(17(16)2)33-24-21(25(30)29-13-4-3-8-23(29)28-24)14-20(15-27)34(31,32)19-11-9-18(26)10-12-19/h3-14H,1-2H3. The Labute approximate surface area is 201 Å². The van der Waals surface area contributed by atoms with Gasteiger partial charge in [-0.15, -0.1) is 0 Å². The first kappa shape index (κ1) is 23.2. The first-order valence-corrected chi connectivity index (χ1v) is 12.0. The number of aromatic nitrogens is 2. The predicted molar refractivity (Wildman–Crippen MR) is 130 cm³/mol. The van der Waals surface area contributed by atoms with E-state index in [-0.39, 0.29) is 16.3 Å². The molecule has 2 aromatic carbocycles. The summed E-state index contributed by atoms with van der Waals surface area (Å²) in [5.74, 6) is 0.352. The first-order valence-electron chi connectivity index (χ1n) is 10.1. The number of hydrogen-bond acceptors (Lipinski definition) is 6. The molecule has 0 N–H and O–H groups in total. The smallest absolute Gasteiger partial charge is 0.269 e. The SMILES string of the molecule is Cc1cccc(Oc2nc3ccccn3c(=O)c2C=C(C#N)S(=O)(=O)c2ccc(Cl)cc2)c1C. The van der Waals surface area contributed by atoms with Gasteiger partial charge in [0.25, 0.3) is 5.56 Å². The van der Waals surface area contributed by atoms with Crippen molar-refractivity contribution in [2.75, 3.05) is 0 Å². The average Bonchev–Trinajstić information content (AvgIpc) is 2.82. The van der Waals surface area contributed by atoms with Crippen LogP contribution in [0, 0.1) is 25.2 Å². The summed E-state index contributed by atoms with van der Waals surface area (Å²) < 4.78 is 33.5. The second kappa shape index (κ2) is 9.14. The molecule has 7 nitrogen and oxygen atoms in total. The number of halogens is 1. The Kier molecular flexibility index (Phi) is 6.24. The van der Waals surface area contributed by atoms with E-state index in [0.29, 0.717) is 16.4 Å². The highest BCUT2D eigenvalue weighted by atomic mass is 35.5. The Bertz CT molecular complexity index is 1650. The van der Waals surface area contributed by atoms with Crippen LogP contribution >= 0.6 is 11.6 Å². The number of pyridine rings is 1. The average molecular weight is 492 g/mol. The van der Waals surface area contributed by atoms with Crippen molar-refractivity contribution in [3.05, 3.63) is 104 Å². The summed E-state index contributed by atoms with van der Waals surface area (Å²) in [5.41, 5.74) is 1.37. The maximum Gasteiger partial charge on any atom is 0.269 e. The van der Waals surface area contributed by atoms with Gasteiger partial charge < -0.3 is 4.74 Å². The summed E-state index contributed by atoms with van der Waals surface area (Å²) in [5, 5.41) is 10.1. The molecule has 2 heterocycles. The van der Waals surface area contributed by atoms with Gasteiger partial charge in [0, 0.05) is 11.2 Å². The molecule has 0 atom stereocenters. The molecule has 0 bridgehead atoms. The Morgan fingerprint density at radius 1 is 1.09 bits per heavy atom. The molecule has 0 amide bonds. The van der Waals surface area contributed by atoms with E-state index in [4.69, 9.17) is 16.3 Å². The lowest BCUT2D eigenvalue weighted by Crippen LogP contribution is -2.19. The molecule has 0 saturated heterocycles. The fraction of sp³-hybridized carbons (Fsp3) is 0.0800. The van der Waals surface area contributed by atoms with Crippen LogP contribution in [0.15, 0.2) is 81.5 Å². The minimum Gasteiger partial charge on any atom is -0.438 e. The lowest BCUT2D eigenvalue weighted by atomic mass is 10.1. The Balaban J connectivity index is 1.95. The summed E-state index contributed by atoms with van der Waals surface area (Å²) >= 11 is 5.86. The molecule has 0 fully saturated rings. The molecule has 0 spiro atoms. The van der Waals surface area contributed by atoms with Crippen LogP contribution < -0.4 is 10.3 Å². The molecule has 2 aromatic heterocycles. The number of nitriles is 1. The largest absolute Gasteiger partial charge is 0.438 e. The van der Waals surface area contributed by atoms with Gasteiger partial charge in [0.15, 0.2) is 0 Å². The van der Waals surface area contributed by atoms with Crippen molar-refractivity contribution < 1.29 is 13.2 Å². The number of ether oxygens (including phenoxy) is 1. The summed E-state index contributed by atoms with van der Waals surface area (Å²) in [6.45, 7) is 3.78. The van der Waals surface area contributed by atoms with E-state index in [1.165, 1.54) is 34.9 Å². The van der Waals surface area contributed by atoms with Crippen molar-refractivity contribution in [1.29, 1.82) is 5.26 Å². The fourth-order valence-corrected chi connectivity index (χ4v) is 4.53. The monoisotopic (exact) mass is 491 g/mol. The third-order valence-electron chi connectivity index (χ3n) is 5.29. The molecular weight excluding hydrogens is 474 g/mol. The minimum atomic E-state index is -4.23. The second-order valence-corrected chi connectivity index (χ2v) is 9.80. The van der Waals surface area contributed by atoms with Gasteiger partial charge in [-0.1, -0.05) is 29.8 Å². The first-order chi connectivity index (χ1) is 16.2. The zero-order valence-corrected chi connectivity index (χ0v) is 19.8. The highest BCUT2D eigenvalue weighted by Gasteiger charge is 2.24. The summed E-state index contributed by atoms with van der Waals surface area (Å²) in [6.07, 6.45) is 2.50. The molecule has 0 radical (unpaired) electrons. The second-order valence-electron chi connectivity index (χ2n) is 7.44. The molecule has 0 aliphatic heterocycles. The van der Waals surface area contributed by atoms with Crippen molar-refractivity contribution in [3.8, 4) is 17.7 Å². The van der Waals surface area contributed by atoms with Crippen molar-refractivity contribution in [2.24, 2.45) is 0 Å². The number of rotatable bonds is 5. The number of nitrogens with zero attached hydrogens (tertiary/aromatic N) is 3. The molecule has 0 unspecified atom stereocenters. The molecule has 0 aliphatic carbocycles. The number of aryl methyl sites for hydroxylation is 1. The van der Waals surface area contributed by atoms with E-state index >= 15 is 0 Å². The number of sulfone groups is 1. The minimum absolute atomic E-state index is 0.107. The topological polar surface area (TPSA) is 102 Å². The molecule has 0 saturated carbocycles. The third-order valence-corrected chi connectivity index (χ3v) is 7.23. The summed E-state index contributed by atoms with van der Waals surface area (Å²) in [6, 6.07) is 17.5. The third kappa shape index (κ3) is 4.31. The van der Waals surface area contributed by atoms with Crippen LogP contribution in [0.1, 0.15) is 16.7 Å². The number of benzene rings is 2. The van der Waals surface area contributed by atoms with Crippen molar-refractivity contribution >= 4 is 33.2 Å². The van der Waals surface area contributed by atoms with Crippen LogP contribution in [0.5, 0.6) is 11.6 Å². The lowest BCUT2D eigenvalue weighted by molar-refractivity contribution is 0.457. The molecule has 34 heavy (non-hydrogen) atoms. The molecule has 9 heteroatoms. The van der Waals surface area contributed by atoms with Gasteiger partial charge in [-0.25, -0.2) is 8.42 Å². The quantitative estimate of drug-likeness (QED) is 0.360. The highest BCUT2D eigenvalue weighted by Crippen LogP contribution is 2.30. The van der Waals surface area contributed by atoms with E-state index in [0.717, 1.165) is 17.2 Å². The zero-order chi connectivity index (χ0) is 24.5. The maximum atomic E-state index is 13.3. The van der Waals surface area contributed by atoms with Crippen LogP contribution in [0.3, 0.4) is 0 Å². The predicted octanol–water partition coefficient (Wildman–Crippen LogP) is 5.10. The molecule has 0 aliphatic rings. The van der Waals surface area contributed by atoms with E-state index in [2.05, 4.69) is 4.98 Å². The Morgan fingerprint density at radius 3 is 2.53 bits per heavy atom. The number of allylic oxidation sites excluding steroid dienone is 1. The summed E-state index contributed by atoms with van der Waals surface area (Å²) in [7, 11) is -4.23. The van der Waals surface area contributed by atoms with Gasteiger partial charge in [0.05, 0.1) is 4.90 Å². The van der Waals surface area contributed by atoms with Crippen LogP contribution in [0.25, 0.3) is 11.7 Å². The zero-order valence-electron chi connectivity index (χ0n) is 18.2. The van der Waals surface area contributed by atoms with Gasteiger partial charge in [0.2, 0.25) is 15.7 Å². The van der Waals surface area contributed by atoms with Crippen LogP contribution in [-0.4, -0.2) is 17.8 Å². The number of fused-ring (bicyclic) bond motifs is 1. The van der Waals surface area contributed by atoms with Gasteiger partial charge in [-0.3, -0.25) is 9.20 Å². The highest BCUT2D eigenvalue weighted by molar-refractivity contribution is 7.95. The fourth-order valence-electron chi connectivity index (χ4n) is 3.26. The molecule has 170 valence electrons. The molecular formula is C25H18ClN3O4S. The van der Waals surface area contributed by atoms with Crippen molar-refractivity contribution in [2.45, 2.75) is 18.7 Å². The van der Waals surface area contributed by atoms with Crippen molar-refractivity contribution in [1.82, 2.24) is 9.38 Å². The van der Waals surface area contributed by atoms with E-state index < -0.39 is 20.3 Å². The van der Waals surface area contributed by atoms with E-state index in [9.17, 15) is 18.5 Å². The van der Waals surface area contributed by atoms with E-state index in [1.54, 1.807) is 36.4 Å². The van der Waals surface area contributed by atoms with Crippen LogP contribution in [0.2, 0.25) is 5.02 Å². The molecule has 4 aromatic rings. The van der Waals surface area contributed by atoms with Gasteiger partial charge in [0.1, 0.15) is 27.9 Å². The van der Waals surface area contributed by atoms with Gasteiger partial charge >= 0.3 is 0 Å². The Morgan fingerprint density at radius 2 is 1.82 bits per heavy atom. The van der Waals surface area contributed by atoms with Gasteiger partial charge in [-0.2, -0.15) is 10.2 Å². The molecule has 4 rings (SSSR count). The van der Waals surface area contributed by atoms with Crippen LogP contribution in [0.4, 0.5) is 0 Å². The number of hydrogen-bond donors (Lipinski definition) is 0. The van der Waals surface area contributed by atoms with E-state index in [1.807, 2.05) is 19.9 Å². The lowest BCUT2D eigenvalue weighted by Gasteiger charge is -2.13. The summed E-state index contributed by atoms with van der Waals surface area (Å²) in [4.78, 5) is 17.0. The maximum absolute atomic E-state index is 13.3. The Hall–Kier alpha value is -3.93. The normalized spacial score (nSPS) is 11.9. The van der Waals surface area contributed by atoms with Crippen LogP contribution in [-0.2, 0) is 9.84 Å². The van der Waals surface area contributed by atoms with Gasteiger partial charge in [-0.05, 0) is 73.5 Å². The van der Waals surface area contributed by atoms with Crippen molar-refractivity contribution in [3.63, 3.8) is 0 Å².